The van der Waals surface area contributed by atoms with Crippen LogP contribution in [0.1, 0.15) is 27.2 Å². The van der Waals surface area contributed by atoms with Gasteiger partial charge in [0.15, 0.2) is 0 Å². The molecule has 0 fully saturated rings. The Morgan fingerprint density at radius 3 is 2.23 bits per heavy atom. The second-order valence-electron chi connectivity index (χ2n) is 3.30. The van der Waals surface area contributed by atoms with Crippen LogP contribution in [-0.2, 0) is 13.6 Å². The Hall–Kier alpha value is 0.110. The molecule has 0 radical (unpaired) electrons. The standard InChI is InChI=1S/C8H20NO3P/c1-6-7-11-13(10,9(4)5)12-8(2)3/h8H,6-7H2,1-5H3. The van der Waals surface area contributed by atoms with Crippen molar-refractivity contribution in [1.29, 1.82) is 0 Å². The van der Waals surface area contributed by atoms with Gasteiger partial charge in [0.25, 0.3) is 0 Å². The van der Waals surface area contributed by atoms with Crippen molar-refractivity contribution in [3.8, 4) is 0 Å². The van der Waals surface area contributed by atoms with Gasteiger partial charge in [-0.2, -0.15) is 0 Å². The molecule has 5 heteroatoms. The molecule has 13 heavy (non-hydrogen) atoms. The Balaban J connectivity index is 4.26. The molecule has 0 aromatic rings. The van der Waals surface area contributed by atoms with E-state index in [-0.39, 0.29) is 6.10 Å². The van der Waals surface area contributed by atoms with Gasteiger partial charge in [-0.25, -0.2) is 9.24 Å². The first kappa shape index (κ1) is 13.1. The molecule has 0 heterocycles. The minimum atomic E-state index is -3.03. The largest absolute Gasteiger partial charge is 0.407 e. The van der Waals surface area contributed by atoms with Crippen molar-refractivity contribution in [3.05, 3.63) is 0 Å². The molecule has 4 nitrogen and oxygen atoms in total. The summed E-state index contributed by atoms with van der Waals surface area (Å²) < 4.78 is 23.9. The van der Waals surface area contributed by atoms with Gasteiger partial charge in [0.1, 0.15) is 0 Å². The van der Waals surface area contributed by atoms with E-state index < -0.39 is 7.75 Å². The molecule has 0 aromatic carbocycles. The molecule has 0 bridgehead atoms. The van der Waals surface area contributed by atoms with E-state index in [2.05, 4.69) is 0 Å². The third-order valence-electron chi connectivity index (χ3n) is 1.29. The third-order valence-corrected chi connectivity index (χ3v) is 3.47. The van der Waals surface area contributed by atoms with Crippen LogP contribution < -0.4 is 0 Å². The number of hydrogen-bond acceptors (Lipinski definition) is 3. The molecular weight excluding hydrogens is 189 g/mol. The van der Waals surface area contributed by atoms with Gasteiger partial charge >= 0.3 is 7.75 Å². The minimum absolute atomic E-state index is 0.0925. The molecule has 80 valence electrons. The Morgan fingerprint density at radius 1 is 1.38 bits per heavy atom. The van der Waals surface area contributed by atoms with Gasteiger partial charge in [-0.05, 0) is 34.4 Å². The lowest BCUT2D eigenvalue weighted by molar-refractivity contribution is 0.140. The normalized spacial score (nSPS) is 16.5. The Kier molecular flexibility index (Phi) is 5.81. The zero-order valence-electron chi connectivity index (χ0n) is 9.11. The topological polar surface area (TPSA) is 38.8 Å². The van der Waals surface area contributed by atoms with E-state index >= 15 is 0 Å². The molecule has 0 N–H and O–H groups in total. The van der Waals surface area contributed by atoms with Crippen molar-refractivity contribution in [2.45, 2.75) is 33.3 Å². The molecule has 0 aromatic heterocycles. The van der Waals surface area contributed by atoms with Gasteiger partial charge in [0.2, 0.25) is 0 Å². The highest BCUT2D eigenvalue weighted by atomic mass is 31.2. The lowest BCUT2D eigenvalue weighted by Crippen LogP contribution is -2.16. The summed E-state index contributed by atoms with van der Waals surface area (Å²) in [6.45, 7) is 6.11. The SMILES string of the molecule is CCCOP(=O)(OC(C)C)N(C)C. The maximum Gasteiger partial charge on any atom is 0.407 e. The predicted molar refractivity (Wildman–Crippen MR) is 53.8 cm³/mol. The number of hydrogen-bond donors (Lipinski definition) is 0. The van der Waals surface area contributed by atoms with Crippen molar-refractivity contribution in [2.75, 3.05) is 20.7 Å². The first-order valence-corrected chi connectivity index (χ1v) is 6.02. The first-order chi connectivity index (χ1) is 5.92. The smallest absolute Gasteiger partial charge is 0.297 e. The minimum Gasteiger partial charge on any atom is -0.297 e. The third kappa shape index (κ3) is 4.77. The molecule has 0 aliphatic rings. The summed E-state index contributed by atoms with van der Waals surface area (Å²) in [6, 6.07) is 0. The monoisotopic (exact) mass is 209 g/mol. The summed E-state index contributed by atoms with van der Waals surface area (Å²) in [5.74, 6) is 0. The lowest BCUT2D eigenvalue weighted by Gasteiger charge is -2.25. The van der Waals surface area contributed by atoms with E-state index in [9.17, 15) is 4.57 Å². The Morgan fingerprint density at radius 2 is 1.92 bits per heavy atom. The van der Waals surface area contributed by atoms with Crippen LogP contribution in [0.25, 0.3) is 0 Å². The van der Waals surface area contributed by atoms with Crippen LogP contribution in [0.5, 0.6) is 0 Å². The lowest BCUT2D eigenvalue weighted by atomic mass is 10.5. The number of rotatable bonds is 6. The zero-order chi connectivity index (χ0) is 10.5. The summed E-state index contributed by atoms with van der Waals surface area (Å²) in [5, 5.41) is 0. The molecule has 0 aliphatic heterocycles. The fraction of sp³-hybridized carbons (Fsp3) is 1.00. The van der Waals surface area contributed by atoms with Crippen LogP contribution in [0.4, 0.5) is 0 Å². The second kappa shape index (κ2) is 5.76. The van der Waals surface area contributed by atoms with E-state index in [0.717, 1.165) is 6.42 Å². The molecule has 0 saturated heterocycles. The summed E-state index contributed by atoms with van der Waals surface area (Å²) in [6.07, 6.45) is 0.740. The number of nitrogens with zero attached hydrogens (tertiary/aromatic N) is 1. The summed E-state index contributed by atoms with van der Waals surface area (Å²) in [4.78, 5) is 0. The second-order valence-corrected chi connectivity index (χ2v) is 5.51. The highest BCUT2D eigenvalue weighted by Gasteiger charge is 2.28. The molecule has 0 aliphatic carbocycles. The average Bonchev–Trinajstić information content (AvgIpc) is 1.99. The van der Waals surface area contributed by atoms with E-state index in [4.69, 9.17) is 9.05 Å². The summed E-state index contributed by atoms with van der Waals surface area (Å²) >= 11 is 0. The van der Waals surface area contributed by atoms with Gasteiger partial charge in [-0.1, -0.05) is 6.92 Å². The van der Waals surface area contributed by atoms with Gasteiger partial charge in [0.05, 0.1) is 12.7 Å². The zero-order valence-corrected chi connectivity index (χ0v) is 10.0. The van der Waals surface area contributed by atoms with Crippen LogP contribution in [-0.4, -0.2) is 31.5 Å². The van der Waals surface area contributed by atoms with E-state index in [1.54, 1.807) is 14.1 Å². The van der Waals surface area contributed by atoms with Gasteiger partial charge < -0.3 is 0 Å². The van der Waals surface area contributed by atoms with Crippen LogP contribution in [0.2, 0.25) is 0 Å². The van der Waals surface area contributed by atoms with Crippen molar-refractivity contribution < 1.29 is 13.6 Å². The van der Waals surface area contributed by atoms with Crippen LogP contribution >= 0.6 is 7.75 Å². The fourth-order valence-electron chi connectivity index (χ4n) is 0.713. The molecule has 0 amide bonds. The molecule has 1 atom stereocenters. The molecule has 1 unspecified atom stereocenters. The summed E-state index contributed by atoms with van der Waals surface area (Å²) in [7, 11) is 0.356. The van der Waals surface area contributed by atoms with Crippen LogP contribution in [0.3, 0.4) is 0 Å². The van der Waals surface area contributed by atoms with Crippen molar-refractivity contribution >= 4 is 7.75 Å². The van der Waals surface area contributed by atoms with Gasteiger partial charge in [-0.3, -0.25) is 9.05 Å². The molecule has 0 spiro atoms. The van der Waals surface area contributed by atoms with E-state index in [1.165, 1.54) is 4.67 Å². The Bertz CT molecular complexity index is 182. The highest BCUT2D eigenvalue weighted by Crippen LogP contribution is 2.50. The predicted octanol–water partition coefficient (Wildman–Crippen LogP) is 2.51. The van der Waals surface area contributed by atoms with Gasteiger partial charge in [-0.15, -0.1) is 0 Å². The van der Waals surface area contributed by atoms with Crippen LogP contribution in [0, 0.1) is 0 Å². The van der Waals surface area contributed by atoms with Crippen LogP contribution in [0.15, 0.2) is 0 Å². The average molecular weight is 209 g/mol. The summed E-state index contributed by atoms with van der Waals surface area (Å²) in [5.41, 5.74) is 0. The molecule has 0 saturated carbocycles. The van der Waals surface area contributed by atoms with E-state index in [1.807, 2.05) is 20.8 Å². The Labute approximate surface area is 80.8 Å². The van der Waals surface area contributed by atoms with Crippen molar-refractivity contribution in [3.63, 3.8) is 0 Å². The maximum atomic E-state index is 12.0. The van der Waals surface area contributed by atoms with Gasteiger partial charge in [0, 0.05) is 0 Å². The van der Waals surface area contributed by atoms with Crippen molar-refractivity contribution in [1.82, 2.24) is 4.67 Å². The van der Waals surface area contributed by atoms with Crippen molar-refractivity contribution in [2.24, 2.45) is 0 Å². The van der Waals surface area contributed by atoms with E-state index in [0.29, 0.717) is 6.61 Å². The molecule has 0 rings (SSSR count). The fourth-order valence-corrected chi connectivity index (χ4v) is 2.14. The molecular formula is C8H20NO3P. The maximum absolute atomic E-state index is 12.0. The quantitative estimate of drug-likeness (QED) is 0.630. The first-order valence-electron chi connectivity index (χ1n) is 4.53. The highest BCUT2D eigenvalue weighted by molar-refractivity contribution is 7.51.